The largest absolute Gasteiger partial charge is 0.313 e. The maximum atomic E-state index is 13.7. The van der Waals surface area contributed by atoms with Crippen molar-refractivity contribution in [2.75, 3.05) is 7.05 Å². The highest BCUT2D eigenvalue weighted by Gasteiger charge is 2.20. The molecule has 1 heterocycles. The standard InChI is InChI=1S/C14H17BrF2N4/c1-8(2)21-12(19-7-20-21)6-11(18-3)9-4-5-10(16)14(17)13(9)15/h4-5,7-8,11,18H,6H2,1-3H3. The third-order valence-electron chi connectivity index (χ3n) is 3.31. The summed E-state index contributed by atoms with van der Waals surface area (Å²) in [6, 6.07) is 2.69. The van der Waals surface area contributed by atoms with Gasteiger partial charge in [0.15, 0.2) is 11.6 Å². The third-order valence-corrected chi connectivity index (χ3v) is 4.12. The lowest BCUT2D eigenvalue weighted by molar-refractivity contribution is 0.470. The molecular weight excluding hydrogens is 342 g/mol. The SMILES string of the molecule is CNC(Cc1ncnn1C(C)C)c1ccc(F)c(F)c1Br. The number of likely N-dealkylation sites (N-methyl/N-ethyl adjacent to an activating group) is 1. The lowest BCUT2D eigenvalue weighted by atomic mass is 10.0. The van der Waals surface area contributed by atoms with Crippen LogP contribution in [-0.4, -0.2) is 21.8 Å². The topological polar surface area (TPSA) is 42.7 Å². The Balaban J connectivity index is 2.33. The molecule has 114 valence electrons. The average Bonchev–Trinajstić information content (AvgIpc) is 2.91. The van der Waals surface area contributed by atoms with E-state index in [0.717, 1.165) is 11.9 Å². The minimum Gasteiger partial charge on any atom is -0.313 e. The van der Waals surface area contributed by atoms with Crippen LogP contribution in [0, 0.1) is 11.6 Å². The van der Waals surface area contributed by atoms with Crippen molar-refractivity contribution >= 4 is 15.9 Å². The fraction of sp³-hybridized carbons (Fsp3) is 0.429. The second kappa shape index (κ2) is 6.62. The fourth-order valence-corrected chi connectivity index (χ4v) is 2.81. The lowest BCUT2D eigenvalue weighted by Crippen LogP contribution is -2.22. The third kappa shape index (κ3) is 3.29. The van der Waals surface area contributed by atoms with E-state index in [2.05, 4.69) is 31.3 Å². The van der Waals surface area contributed by atoms with Crippen LogP contribution in [0.2, 0.25) is 0 Å². The number of hydrogen-bond donors (Lipinski definition) is 1. The number of halogens is 3. The van der Waals surface area contributed by atoms with E-state index in [1.807, 2.05) is 18.5 Å². The van der Waals surface area contributed by atoms with E-state index in [9.17, 15) is 8.78 Å². The first-order valence-electron chi connectivity index (χ1n) is 6.64. The Morgan fingerprint density at radius 3 is 2.67 bits per heavy atom. The Bertz CT molecular complexity index is 627. The van der Waals surface area contributed by atoms with Crippen LogP contribution < -0.4 is 5.32 Å². The van der Waals surface area contributed by atoms with Gasteiger partial charge in [-0.15, -0.1) is 0 Å². The molecule has 0 spiro atoms. The predicted molar refractivity (Wildman–Crippen MR) is 80.0 cm³/mol. The first-order chi connectivity index (χ1) is 9.95. The molecule has 7 heteroatoms. The van der Waals surface area contributed by atoms with Gasteiger partial charge in [0, 0.05) is 18.5 Å². The van der Waals surface area contributed by atoms with Crippen LogP contribution in [0.1, 0.15) is 37.3 Å². The zero-order chi connectivity index (χ0) is 15.6. The molecule has 0 amide bonds. The first-order valence-corrected chi connectivity index (χ1v) is 7.44. The number of rotatable bonds is 5. The highest BCUT2D eigenvalue weighted by Crippen LogP contribution is 2.29. The monoisotopic (exact) mass is 358 g/mol. The average molecular weight is 359 g/mol. The molecule has 0 saturated carbocycles. The summed E-state index contributed by atoms with van der Waals surface area (Å²) in [6.45, 7) is 4.03. The molecule has 0 aliphatic rings. The molecule has 1 aromatic heterocycles. The zero-order valence-electron chi connectivity index (χ0n) is 12.1. The summed E-state index contributed by atoms with van der Waals surface area (Å²) < 4.78 is 28.9. The Hall–Kier alpha value is -1.34. The molecule has 0 aliphatic carbocycles. The Morgan fingerprint density at radius 2 is 2.05 bits per heavy atom. The van der Waals surface area contributed by atoms with Gasteiger partial charge in [0.1, 0.15) is 12.2 Å². The summed E-state index contributed by atoms with van der Waals surface area (Å²) in [5, 5.41) is 7.29. The highest BCUT2D eigenvalue weighted by atomic mass is 79.9. The van der Waals surface area contributed by atoms with Crippen LogP contribution in [0.4, 0.5) is 8.78 Å². The normalized spacial score (nSPS) is 12.9. The summed E-state index contributed by atoms with van der Waals surface area (Å²) in [7, 11) is 1.77. The smallest absolute Gasteiger partial charge is 0.173 e. The van der Waals surface area contributed by atoms with E-state index >= 15 is 0 Å². The van der Waals surface area contributed by atoms with Crippen molar-refractivity contribution in [1.82, 2.24) is 20.1 Å². The van der Waals surface area contributed by atoms with Crippen molar-refractivity contribution in [2.24, 2.45) is 0 Å². The van der Waals surface area contributed by atoms with Gasteiger partial charge in [-0.05, 0) is 48.5 Å². The first kappa shape index (κ1) is 16.0. The number of nitrogens with one attached hydrogen (secondary N) is 1. The Labute approximate surface area is 130 Å². The molecule has 0 fully saturated rings. The number of aromatic nitrogens is 3. The van der Waals surface area contributed by atoms with Crippen molar-refractivity contribution in [3.63, 3.8) is 0 Å². The number of benzene rings is 1. The fourth-order valence-electron chi connectivity index (χ4n) is 2.21. The Kier molecular flexibility index (Phi) is 5.05. The molecule has 0 radical (unpaired) electrons. The van der Waals surface area contributed by atoms with Gasteiger partial charge in [-0.25, -0.2) is 18.4 Å². The minimum atomic E-state index is -0.877. The van der Waals surface area contributed by atoms with E-state index in [1.165, 1.54) is 6.33 Å². The maximum absolute atomic E-state index is 13.7. The molecule has 1 unspecified atom stereocenters. The van der Waals surface area contributed by atoms with E-state index in [1.54, 1.807) is 13.1 Å². The van der Waals surface area contributed by atoms with Crippen LogP contribution in [0.25, 0.3) is 0 Å². The predicted octanol–water partition coefficient (Wildman–Crippen LogP) is 3.40. The minimum absolute atomic E-state index is 0.137. The second-order valence-corrected chi connectivity index (χ2v) is 5.82. The number of nitrogens with zero attached hydrogens (tertiary/aromatic N) is 3. The van der Waals surface area contributed by atoms with Gasteiger partial charge in [-0.1, -0.05) is 6.07 Å². The molecule has 1 atom stereocenters. The van der Waals surface area contributed by atoms with Crippen molar-refractivity contribution < 1.29 is 8.78 Å². The molecular formula is C14H17BrF2N4. The highest BCUT2D eigenvalue weighted by molar-refractivity contribution is 9.10. The molecule has 0 saturated heterocycles. The Morgan fingerprint density at radius 1 is 1.33 bits per heavy atom. The van der Waals surface area contributed by atoms with Crippen LogP contribution >= 0.6 is 15.9 Å². The molecule has 0 aliphatic heterocycles. The van der Waals surface area contributed by atoms with Gasteiger partial charge < -0.3 is 5.32 Å². The quantitative estimate of drug-likeness (QED) is 0.833. The second-order valence-electron chi connectivity index (χ2n) is 5.02. The molecule has 0 bridgehead atoms. The van der Waals surface area contributed by atoms with E-state index < -0.39 is 11.6 Å². The zero-order valence-corrected chi connectivity index (χ0v) is 13.7. The van der Waals surface area contributed by atoms with Crippen LogP contribution in [0.15, 0.2) is 22.9 Å². The van der Waals surface area contributed by atoms with Crippen molar-refractivity contribution in [1.29, 1.82) is 0 Å². The van der Waals surface area contributed by atoms with Gasteiger partial charge in [0.25, 0.3) is 0 Å². The summed E-state index contributed by atoms with van der Waals surface area (Å²) in [4.78, 5) is 4.25. The molecule has 1 N–H and O–H groups in total. The molecule has 2 aromatic rings. The van der Waals surface area contributed by atoms with Gasteiger partial charge >= 0.3 is 0 Å². The summed E-state index contributed by atoms with van der Waals surface area (Å²) >= 11 is 3.13. The number of hydrogen-bond acceptors (Lipinski definition) is 3. The van der Waals surface area contributed by atoms with Crippen molar-refractivity contribution in [3.05, 3.63) is 46.0 Å². The van der Waals surface area contributed by atoms with E-state index in [4.69, 9.17) is 0 Å². The van der Waals surface area contributed by atoms with Crippen molar-refractivity contribution in [3.8, 4) is 0 Å². The maximum Gasteiger partial charge on any atom is 0.173 e. The summed E-state index contributed by atoms with van der Waals surface area (Å²) in [5.41, 5.74) is 0.648. The van der Waals surface area contributed by atoms with Gasteiger partial charge in [0.05, 0.1) is 4.47 Å². The molecule has 2 rings (SSSR count). The van der Waals surface area contributed by atoms with Gasteiger partial charge in [-0.2, -0.15) is 5.10 Å². The van der Waals surface area contributed by atoms with Crippen LogP contribution in [0.3, 0.4) is 0 Å². The molecule has 4 nitrogen and oxygen atoms in total. The molecule has 21 heavy (non-hydrogen) atoms. The van der Waals surface area contributed by atoms with Gasteiger partial charge in [0.2, 0.25) is 0 Å². The van der Waals surface area contributed by atoms with Gasteiger partial charge in [-0.3, -0.25) is 0 Å². The van der Waals surface area contributed by atoms with Crippen LogP contribution in [0.5, 0.6) is 0 Å². The van der Waals surface area contributed by atoms with E-state index in [0.29, 0.717) is 12.0 Å². The summed E-state index contributed by atoms with van der Waals surface area (Å²) in [5.74, 6) is -0.954. The van der Waals surface area contributed by atoms with E-state index in [-0.39, 0.29) is 16.6 Å². The lowest BCUT2D eigenvalue weighted by Gasteiger charge is -2.19. The molecule has 1 aromatic carbocycles. The van der Waals surface area contributed by atoms with Crippen LogP contribution in [-0.2, 0) is 6.42 Å². The van der Waals surface area contributed by atoms with Crippen molar-refractivity contribution in [2.45, 2.75) is 32.4 Å². The summed E-state index contributed by atoms with van der Waals surface area (Å²) in [6.07, 6.45) is 2.03.